The van der Waals surface area contributed by atoms with E-state index in [1.165, 1.54) is 12.1 Å². The Hall–Kier alpha value is -2.73. The second kappa shape index (κ2) is 7.12. The van der Waals surface area contributed by atoms with E-state index in [4.69, 9.17) is 16.1 Å². The summed E-state index contributed by atoms with van der Waals surface area (Å²) < 4.78 is 18.7. The van der Waals surface area contributed by atoms with Gasteiger partial charge in [0.2, 0.25) is 11.7 Å². The lowest BCUT2D eigenvalue weighted by Gasteiger charge is -2.22. The molecule has 1 atom stereocenters. The van der Waals surface area contributed by atoms with Crippen LogP contribution >= 0.6 is 11.6 Å². The van der Waals surface area contributed by atoms with Crippen molar-refractivity contribution < 1.29 is 13.7 Å². The first-order valence-corrected chi connectivity index (χ1v) is 9.07. The van der Waals surface area contributed by atoms with Gasteiger partial charge in [0.15, 0.2) is 0 Å². The molecule has 0 radical (unpaired) electrons. The molecule has 1 aliphatic rings. The van der Waals surface area contributed by atoms with Crippen LogP contribution in [0, 0.1) is 12.7 Å². The van der Waals surface area contributed by atoms with Crippen molar-refractivity contribution in [2.75, 3.05) is 6.54 Å². The first-order chi connectivity index (χ1) is 13.0. The van der Waals surface area contributed by atoms with Gasteiger partial charge in [0.25, 0.3) is 5.91 Å². The van der Waals surface area contributed by atoms with E-state index in [9.17, 15) is 9.18 Å². The average Bonchev–Trinajstić information content (AvgIpc) is 3.30. The van der Waals surface area contributed by atoms with Crippen LogP contribution in [-0.2, 0) is 0 Å². The highest BCUT2D eigenvalue weighted by molar-refractivity contribution is 6.33. The van der Waals surface area contributed by atoms with Crippen molar-refractivity contribution in [1.82, 2.24) is 15.0 Å². The summed E-state index contributed by atoms with van der Waals surface area (Å²) in [5.74, 6) is 0.149. The Balaban J connectivity index is 1.61. The predicted molar refractivity (Wildman–Crippen MR) is 98.9 cm³/mol. The van der Waals surface area contributed by atoms with E-state index in [0.29, 0.717) is 18.3 Å². The normalized spacial score (nSPS) is 16.7. The van der Waals surface area contributed by atoms with Gasteiger partial charge in [-0.05, 0) is 44.0 Å². The lowest BCUT2D eigenvalue weighted by atomic mass is 10.1. The SMILES string of the molecule is Cc1cccc(-c2noc(C3CCCN3C(=O)c3ccc(F)cc3Cl)n2)c1. The third-order valence-electron chi connectivity index (χ3n) is 4.68. The van der Waals surface area contributed by atoms with Crippen LogP contribution in [0.15, 0.2) is 47.0 Å². The maximum Gasteiger partial charge on any atom is 0.256 e. The van der Waals surface area contributed by atoms with Gasteiger partial charge in [-0.3, -0.25) is 4.79 Å². The van der Waals surface area contributed by atoms with Crippen LogP contribution in [-0.4, -0.2) is 27.5 Å². The van der Waals surface area contributed by atoms with E-state index in [2.05, 4.69) is 10.1 Å². The summed E-state index contributed by atoms with van der Waals surface area (Å²) in [5.41, 5.74) is 2.23. The number of likely N-dealkylation sites (tertiary alicyclic amines) is 1. The first-order valence-electron chi connectivity index (χ1n) is 8.69. The van der Waals surface area contributed by atoms with E-state index in [0.717, 1.165) is 30.0 Å². The van der Waals surface area contributed by atoms with E-state index in [1.807, 2.05) is 31.2 Å². The zero-order valence-electron chi connectivity index (χ0n) is 14.7. The lowest BCUT2D eigenvalue weighted by Crippen LogP contribution is -2.31. The highest BCUT2D eigenvalue weighted by Crippen LogP contribution is 2.34. The molecule has 4 rings (SSSR count). The molecule has 0 spiro atoms. The van der Waals surface area contributed by atoms with Gasteiger partial charge < -0.3 is 9.42 Å². The molecule has 0 bridgehead atoms. The van der Waals surface area contributed by atoms with Gasteiger partial charge in [0, 0.05) is 12.1 Å². The molecule has 1 aromatic heterocycles. The molecule has 2 heterocycles. The Morgan fingerprint density at radius 1 is 1.30 bits per heavy atom. The number of benzene rings is 2. The van der Waals surface area contributed by atoms with Gasteiger partial charge in [0.1, 0.15) is 11.9 Å². The topological polar surface area (TPSA) is 59.2 Å². The third-order valence-corrected chi connectivity index (χ3v) is 4.99. The minimum atomic E-state index is -0.478. The van der Waals surface area contributed by atoms with E-state index in [1.54, 1.807) is 4.90 Å². The molecule has 1 amide bonds. The molecule has 1 saturated heterocycles. The van der Waals surface area contributed by atoms with Gasteiger partial charge in [-0.1, -0.05) is 40.5 Å². The van der Waals surface area contributed by atoms with Crippen molar-refractivity contribution >= 4 is 17.5 Å². The summed E-state index contributed by atoms with van der Waals surface area (Å²) in [7, 11) is 0. The molecular weight excluding hydrogens is 369 g/mol. The van der Waals surface area contributed by atoms with Gasteiger partial charge in [0.05, 0.1) is 10.6 Å². The number of hydrogen-bond acceptors (Lipinski definition) is 4. The molecule has 138 valence electrons. The quantitative estimate of drug-likeness (QED) is 0.648. The molecular formula is C20H17ClFN3O2. The maximum absolute atomic E-state index is 13.3. The Bertz CT molecular complexity index is 1000. The molecule has 0 saturated carbocycles. The number of aromatic nitrogens is 2. The van der Waals surface area contributed by atoms with Gasteiger partial charge >= 0.3 is 0 Å². The zero-order chi connectivity index (χ0) is 19.0. The van der Waals surface area contributed by atoms with E-state index >= 15 is 0 Å². The second-order valence-corrected chi connectivity index (χ2v) is 7.01. The summed E-state index contributed by atoms with van der Waals surface area (Å²) in [6.45, 7) is 2.55. The number of nitrogens with zero attached hydrogens (tertiary/aromatic N) is 3. The molecule has 7 heteroatoms. The second-order valence-electron chi connectivity index (χ2n) is 6.61. The van der Waals surface area contributed by atoms with Crippen LogP contribution in [0.25, 0.3) is 11.4 Å². The Morgan fingerprint density at radius 3 is 2.93 bits per heavy atom. The van der Waals surface area contributed by atoms with Gasteiger partial charge in [-0.15, -0.1) is 0 Å². The van der Waals surface area contributed by atoms with Crippen LogP contribution in [0.3, 0.4) is 0 Å². The number of aryl methyl sites for hydroxylation is 1. The molecule has 0 aliphatic carbocycles. The van der Waals surface area contributed by atoms with Crippen LogP contribution in [0.2, 0.25) is 5.02 Å². The van der Waals surface area contributed by atoms with E-state index < -0.39 is 5.82 Å². The fourth-order valence-corrected chi connectivity index (χ4v) is 3.60. The van der Waals surface area contributed by atoms with Gasteiger partial charge in [-0.2, -0.15) is 4.98 Å². The summed E-state index contributed by atoms with van der Waals surface area (Å²) in [4.78, 5) is 19.1. The van der Waals surface area contributed by atoms with Gasteiger partial charge in [-0.25, -0.2) is 4.39 Å². The molecule has 3 aromatic rings. The standard InChI is InChI=1S/C20H17ClFN3O2/c1-12-4-2-5-13(10-12)18-23-19(27-24-18)17-6-3-9-25(17)20(26)15-8-7-14(22)11-16(15)21/h2,4-5,7-8,10-11,17H,3,6,9H2,1H3. The zero-order valence-corrected chi connectivity index (χ0v) is 15.4. The highest BCUT2D eigenvalue weighted by Gasteiger charge is 2.35. The lowest BCUT2D eigenvalue weighted by molar-refractivity contribution is 0.0710. The van der Waals surface area contributed by atoms with Crippen LogP contribution in [0.4, 0.5) is 4.39 Å². The molecule has 2 aromatic carbocycles. The number of hydrogen-bond donors (Lipinski definition) is 0. The van der Waals surface area contributed by atoms with E-state index in [-0.39, 0.29) is 22.5 Å². The Morgan fingerprint density at radius 2 is 2.15 bits per heavy atom. The number of rotatable bonds is 3. The smallest absolute Gasteiger partial charge is 0.256 e. The minimum Gasteiger partial charge on any atom is -0.337 e. The number of amides is 1. The van der Waals surface area contributed by atoms with Crippen LogP contribution in [0.5, 0.6) is 0 Å². The Labute approximate surface area is 160 Å². The van der Waals surface area contributed by atoms with Crippen molar-refractivity contribution in [2.45, 2.75) is 25.8 Å². The minimum absolute atomic E-state index is 0.0941. The number of carbonyl (C=O) groups is 1. The van der Waals surface area contributed by atoms with Crippen molar-refractivity contribution in [2.24, 2.45) is 0 Å². The maximum atomic E-state index is 13.3. The predicted octanol–water partition coefficient (Wildman–Crippen LogP) is 4.81. The monoisotopic (exact) mass is 385 g/mol. The average molecular weight is 386 g/mol. The van der Waals surface area contributed by atoms with Crippen molar-refractivity contribution in [3.63, 3.8) is 0 Å². The van der Waals surface area contributed by atoms with Crippen molar-refractivity contribution in [3.05, 3.63) is 70.3 Å². The van der Waals surface area contributed by atoms with Crippen molar-refractivity contribution in [3.8, 4) is 11.4 Å². The highest BCUT2D eigenvalue weighted by atomic mass is 35.5. The molecule has 1 aliphatic heterocycles. The van der Waals surface area contributed by atoms with Crippen LogP contribution < -0.4 is 0 Å². The summed E-state index contributed by atoms with van der Waals surface area (Å²) in [6, 6.07) is 11.3. The molecule has 0 N–H and O–H groups in total. The molecule has 1 unspecified atom stereocenters. The fourth-order valence-electron chi connectivity index (χ4n) is 3.36. The van der Waals surface area contributed by atoms with Crippen molar-refractivity contribution in [1.29, 1.82) is 0 Å². The first kappa shape index (κ1) is 17.7. The Kier molecular flexibility index (Phi) is 4.66. The molecule has 27 heavy (non-hydrogen) atoms. The molecule has 5 nitrogen and oxygen atoms in total. The third kappa shape index (κ3) is 3.45. The number of carbonyl (C=O) groups excluding carboxylic acids is 1. The fraction of sp³-hybridized carbons (Fsp3) is 0.250. The number of halogens is 2. The largest absolute Gasteiger partial charge is 0.337 e. The van der Waals surface area contributed by atoms with Crippen LogP contribution in [0.1, 0.15) is 40.7 Å². The molecule has 1 fully saturated rings. The summed E-state index contributed by atoms with van der Waals surface area (Å²) >= 11 is 6.06. The summed E-state index contributed by atoms with van der Waals surface area (Å²) in [5, 5.41) is 4.16. The summed E-state index contributed by atoms with van der Waals surface area (Å²) in [6.07, 6.45) is 1.54.